The zero-order valence-corrected chi connectivity index (χ0v) is 10.5. The summed E-state index contributed by atoms with van der Waals surface area (Å²) in [5, 5.41) is 24.7. The zero-order chi connectivity index (χ0) is 16.1. The predicted octanol–water partition coefficient (Wildman–Crippen LogP) is -2.24. The Morgan fingerprint density at radius 1 is 0.950 bits per heavy atom. The molecule has 20 heavy (non-hydrogen) atoms. The van der Waals surface area contributed by atoms with Crippen molar-refractivity contribution in [3.8, 4) is 0 Å². The van der Waals surface area contributed by atoms with Gasteiger partial charge in [-0.2, -0.15) is 8.42 Å². The van der Waals surface area contributed by atoms with Gasteiger partial charge in [0.2, 0.25) is 5.91 Å². The maximum atomic E-state index is 11.3. The third-order valence-electron chi connectivity index (χ3n) is 2.02. The Hall–Kier alpha value is -2.21. The van der Waals surface area contributed by atoms with Crippen LogP contribution in [0.2, 0.25) is 0 Å². The third kappa shape index (κ3) is 6.10. The number of hydrogen-bond acceptors (Lipinski definition) is 6. The lowest BCUT2D eigenvalue weighted by Gasteiger charge is -2.14. The first-order valence-corrected chi connectivity index (χ1v) is 6.38. The van der Waals surface area contributed by atoms with Gasteiger partial charge in [0.1, 0.15) is 6.04 Å². The Bertz CT molecular complexity index is 523. The van der Waals surface area contributed by atoms with Crippen LogP contribution >= 0.6 is 0 Å². The van der Waals surface area contributed by atoms with Crippen molar-refractivity contribution in [3.05, 3.63) is 0 Å². The second-order valence-corrected chi connectivity index (χ2v) is 5.20. The van der Waals surface area contributed by atoms with Crippen LogP contribution in [0.4, 0.5) is 0 Å². The summed E-state index contributed by atoms with van der Waals surface area (Å²) in [6, 6.07) is -1.85. The molecule has 0 heterocycles. The molecule has 0 aliphatic heterocycles. The molecule has 0 rings (SSSR count). The van der Waals surface area contributed by atoms with Crippen molar-refractivity contribution >= 4 is 33.9 Å². The smallest absolute Gasteiger partial charge is 0.326 e. The minimum Gasteiger partial charge on any atom is -0.481 e. The van der Waals surface area contributed by atoms with Crippen LogP contribution < -0.4 is 5.32 Å². The largest absolute Gasteiger partial charge is 0.481 e. The van der Waals surface area contributed by atoms with Gasteiger partial charge in [0, 0.05) is 0 Å². The van der Waals surface area contributed by atoms with Crippen molar-refractivity contribution in [2.75, 3.05) is 0 Å². The Balaban J connectivity index is 4.87. The average Bonchev–Trinajstić information content (AvgIpc) is 2.22. The summed E-state index contributed by atoms with van der Waals surface area (Å²) in [5.41, 5.74) is 0. The fraction of sp³-hybridized carbons (Fsp3) is 0.500. The van der Waals surface area contributed by atoms with Gasteiger partial charge in [0.25, 0.3) is 10.1 Å². The van der Waals surface area contributed by atoms with Crippen molar-refractivity contribution in [1.82, 2.24) is 5.32 Å². The van der Waals surface area contributed by atoms with Crippen LogP contribution in [-0.2, 0) is 29.3 Å². The number of hydrogen-bond donors (Lipinski definition) is 5. The van der Waals surface area contributed by atoms with E-state index in [1.807, 2.05) is 0 Å². The first-order chi connectivity index (χ1) is 8.95. The molecule has 114 valence electrons. The second-order valence-electron chi connectivity index (χ2n) is 3.60. The van der Waals surface area contributed by atoms with E-state index in [9.17, 15) is 27.6 Å². The van der Waals surface area contributed by atoms with E-state index in [0.717, 1.165) is 0 Å². The van der Waals surface area contributed by atoms with E-state index in [2.05, 4.69) is 0 Å². The van der Waals surface area contributed by atoms with Gasteiger partial charge in [-0.25, -0.2) is 4.79 Å². The van der Waals surface area contributed by atoms with E-state index >= 15 is 0 Å². The maximum Gasteiger partial charge on any atom is 0.326 e. The van der Waals surface area contributed by atoms with Gasteiger partial charge >= 0.3 is 17.9 Å². The molecule has 2 atom stereocenters. The van der Waals surface area contributed by atoms with E-state index in [0.29, 0.717) is 0 Å². The lowest BCUT2D eigenvalue weighted by atomic mass is 10.2. The first kappa shape index (κ1) is 17.8. The maximum absolute atomic E-state index is 11.3. The summed E-state index contributed by atoms with van der Waals surface area (Å²) in [6.45, 7) is 0. The van der Waals surface area contributed by atoms with Gasteiger partial charge in [0.05, 0.1) is 12.8 Å². The van der Waals surface area contributed by atoms with Crippen LogP contribution in [0.15, 0.2) is 0 Å². The van der Waals surface area contributed by atoms with E-state index < -0.39 is 58.1 Å². The van der Waals surface area contributed by atoms with Crippen LogP contribution in [0.25, 0.3) is 0 Å². The molecule has 0 aromatic carbocycles. The van der Waals surface area contributed by atoms with Crippen LogP contribution in [0.1, 0.15) is 12.8 Å². The van der Waals surface area contributed by atoms with Gasteiger partial charge in [0.15, 0.2) is 5.25 Å². The molecule has 11 nitrogen and oxygen atoms in total. The summed E-state index contributed by atoms with van der Waals surface area (Å²) in [5.74, 6) is -6.59. The molecule has 0 aliphatic carbocycles. The fourth-order valence-corrected chi connectivity index (χ4v) is 1.73. The SMILES string of the molecule is O=C(O)C[C@H](NC(=O)CC(C(=O)O)S(=O)(=O)O)C(=O)O. The molecule has 0 aromatic heterocycles. The van der Waals surface area contributed by atoms with Crippen LogP contribution in [0.3, 0.4) is 0 Å². The van der Waals surface area contributed by atoms with Gasteiger partial charge in [-0.1, -0.05) is 0 Å². The van der Waals surface area contributed by atoms with Crippen LogP contribution in [0, 0.1) is 0 Å². The van der Waals surface area contributed by atoms with Gasteiger partial charge in [-0.3, -0.25) is 18.9 Å². The molecule has 5 N–H and O–H groups in total. The summed E-state index contributed by atoms with van der Waals surface area (Å²) in [7, 11) is -5.06. The number of carboxylic acid groups (broad SMARTS) is 3. The summed E-state index contributed by atoms with van der Waals surface area (Å²) >= 11 is 0. The number of amides is 1. The number of carbonyl (C=O) groups excluding carboxylic acids is 1. The highest BCUT2D eigenvalue weighted by molar-refractivity contribution is 7.87. The molecule has 0 saturated heterocycles. The topological polar surface area (TPSA) is 195 Å². The van der Waals surface area contributed by atoms with Gasteiger partial charge in [-0.15, -0.1) is 0 Å². The Labute approximate surface area is 112 Å². The van der Waals surface area contributed by atoms with Gasteiger partial charge < -0.3 is 20.6 Å². The standard InChI is InChI=1S/C8H11NO10S/c10-5(2-4(8(15)16)20(17,18)19)9-3(7(13)14)1-6(11)12/h3-4H,1-2H2,(H,9,10)(H,11,12)(H,13,14)(H,15,16)(H,17,18,19)/t3-,4?/m0/s1. The number of carbonyl (C=O) groups is 4. The van der Waals surface area contributed by atoms with Gasteiger partial charge in [-0.05, 0) is 0 Å². The quantitative estimate of drug-likeness (QED) is 0.305. The molecule has 0 fully saturated rings. The summed E-state index contributed by atoms with van der Waals surface area (Å²) in [4.78, 5) is 42.8. The third-order valence-corrected chi connectivity index (χ3v) is 3.11. The van der Waals surface area contributed by atoms with Crippen molar-refractivity contribution < 1.29 is 47.5 Å². The average molecular weight is 313 g/mol. The monoisotopic (exact) mass is 313 g/mol. The highest BCUT2D eigenvalue weighted by atomic mass is 32.2. The first-order valence-electron chi connectivity index (χ1n) is 4.88. The van der Waals surface area contributed by atoms with Crippen molar-refractivity contribution in [2.45, 2.75) is 24.1 Å². The van der Waals surface area contributed by atoms with Crippen LogP contribution in [-0.4, -0.2) is 63.4 Å². The molecule has 0 aliphatic rings. The minimum atomic E-state index is -5.06. The fourth-order valence-electron chi connectivity index (χ4n) is 1.12. The molecule has 1 unspecified atom stereocenters. The lowest BCUT2D eigenvalue weighted by molar-refractivity contribution is -0.147. The number of nitrogens with one attached hydrogen (secondary N) is 1. The van der Waals surface area contributed by atoms with Crippen molar-refractivity contribution in [2.24, 2.45) is 0 Å². The molecular formula is C8H11NO10S. The van der Waals surface area contributed by atoms with Crippen LogP contribution in [0.5, 0.6) is 0 Å². The molecule has 1 amide bonds. The number of rotatable bonds is 8. The Morgan fingerprint density at radius 3 is 1.75 bits per heavy atom. The van der Waals surface area contributed by atoms with E-state index in [1.54, 1.807) is 5.32 Å². The summed E-state index contributed by atoms with van der Waals surface area (Å²) in [6.07, 6.45) is -2.23. The second kappa shape index (κ2) is 6.81. The Morgan fingerprint density at radius 2 is 1.45 bits per heavy atom. The zero-order valence-electron chi connectivity index (χ0n) is 9.72. The molecule has 0 saturated carbocycles. The number of aliphatic carboxylic acids is 3. The highest BCUT2D eigenvalue weighted by Gasteiger charge is 2.34. The number of carboxylic acids is 3. The highest BCUT2D eigenvalue weighted by Crippen LogP contribution is 2.05. The van der Waals surface area contributed by atoms with Crippen molar-refractivity contribution in [1.29, 1.82) is 0 Å². The lowest BCUT2D eigenvalue weighted by Crippen LogP contribution is -2.45. The molecule has 0 spiro atoms. The van der Waals surface area contributed by atoms with E-state index in [1.165, 1.54) is 0 Å². The molecule has 0 aromatic rings. The van der Waals surface area contributed by atoms with E-state index in [4.69, 9.17) is 19.9 Å². The molecule has 0 bridgehead atoms. The summed E-state index contributed by atoms with van der Waals surface area (Å²) < 4.78 is 30.0. The minimum absolute atomic E-state index is 0.981. The molecule has 0 radical (unpaired) electrons. The Kier molecular flexibility index (Phi) is 6.06. The normalized spacial score (nSPS) is 14.1. The molecular weight excluding hydrogens is 302 g/mol. The molecule has 12 heteroatoms. The van der Waals surface area contributed by atoms with Crippen molar-refractivity contribution in [3.63, 3.8) is 0 Å². The van der Waals surface area contributed by atoms with E-state index in [-0.39, 0.29) is 0 Å². The predicted molar refractivity (Wildman–Crippen MR) is 59.4 cm³/mol.